The quantitative estimate of drug-likeness (QED) is 0.680. The molecule has 2 rings (SSSR count). The molecule has 2 unspecified atom stereocenters. The van der Waals surface area contributed by atoms with Crippen molar-refractivity contribution in [2.24, 2.45) is 0 Å². The Labute approximate surface area is 123 Å². The highest BCUT2D eigenvalue weighted by atomic mass is 16.6. The first-order chi connectivity index (χ1) is 10.0. The number of nitro benzene ring substituents is 1. The van der Waals surface area contributed by atoms with Crippen LogP contribution in [0.1, 0.15) is 31.2 Å². The summed E-state index contributed by atoms with van der Waals surface area (Å²) in [4.78, 5) is 10.8. The zero-order chi connectivity index (χ0) is 15.5. The number of hydrogen-bond donors (Lipinski definition) is 1. The first-order valence-corrected chi connectivity index (χ1v) is 7.02. The van der Waals surface area contributed by atoms with Crippen LogP contribution < -0.4 is 10.1 Å². The van der Waals surface area contributed by atoms with Crippen LogP contribution in [0.25, 0.3) is 0 Å². The normalized spacial score (nSPS) is 25.1. The van der Waals surface area contributed by atoms with Gasteiger partial charge in [0, 0.05) is 12.0 Å². The van der Waals surface area contributed by atoms with Gasteiger partial charge in [-0.25, -0.2) is 0 Å². The molecule has 112 valence electrons. The standard InChI is InChI=1S/C15H19N3O3/c1-11-5-3-7-13(14(11)18(19)20)21-12-6-4-8-15(9-12,10-16)17-2/h3,5,7,12,17H,4,6,8-9H2,1-2H3. The van der Waals surface area contributed by atoms with Gasteiger partial charge in [0.2, 0.25) is 0 Å². The van der Waals surface area contributed by atoms with E-state index in [0.717, 1.165) is 19.3 Å². The van der Waals surface area contributed by atoms with E-state index in [0.29, 0.717) is 12.0 Å². The van der Waals surface area contributed by atoms with Crippen molar-refractivity contribution in [3.63, 3.8) is 0 Å². The summed E-state index contributed by atoms with van der Waals surface area (Å²) < 4.78 is 5.85. The molecule has 0 bridgehead atoms. The first kappa shape index (κ1) is 15.3. The van der Waals surface area contributed by atoms with Crippen LogP contribution in [0, 0.1) is 28.4 Å². The van der Waals surface area contributed by atoms with Crippen LogP contribution in [0.15, 0.2) is 18.2 Å². The number of nitro groups is 1. The lowest BCUT2D eigenvalue weighted by molar-refractivity contribution is -0.386. The third kappa shape index (κ3) is 3.14. The smallest absolute Gasteiger partial charge is 0.313 e. The van der Waals surface area contributed by atoms with Crippen LogP contribution in [0.3, 0.4) is 0 Å². The molecule has 0 aromatic heterocycles. The molecule has 1 fully saturated rings. The monoisotopic (exact) mass is 289 g/mol. The van der Waals surface area contributed by atoms with Crippen molar-refractivity contribution in [2.75, 3.05) is 7.05 Å². The summed E-state index contributed by atoms with van der Waals surface area (Å²) in [5.74, 6) is 0.287. The Morgan fingerprint density at radius 3 is 2.95 bits per heavy atom. The summed E-state index contributed by atoms with van der Waals surface area (Å²) >= 11 is 0. The molecule has 1 saturated carbocycles. The Hall–Kier alpha value is -2.13. The molecule has 21 heavy (non-hydrogen) atoms. The summed E-state index contributed by atoms with van der Waals surface area (Å²) in [5.41, 5.74) is -0.00908. The van der Waals surface area contributed by atoms with Gasteiger partial charge in [0.1, 0.15) is 11.6 Å². The highest BCUT2D eigenvalue weighted by molar-refractivity contribution is 5.52. The van der Waals surface area contributed by atoms with E-state index in [-0.39, 0.29) is 17.5 Å². The second-order valence-corrected chi connectivity index (χ2v) is 5.46. The predicted octanol–water partition coefficient (Wildman–Crippen LogP) is 2.71. The van der Waals surface area contributed by atoms with Crippen LogP contribution in [0.5, 0.6) is 5.75 Å². The van der Waals surface area contributed by atoms with E-state index in [1.165, 1.54) is 0 Å². The van der Waals surface area contributed by atoms with Crippen molar-refractivity contribution in [2.45, 2.75) is 44.2 Å². The van der Waals surface area contributed by atoms with Gasteiger partial charge in [-0.1, -0.05) is 12.1 Å². The third-order valence-electron chi connectivity index (χ3n) is 4.08. The Balaban J connectivity index is 2.21. The summed E-state index contributed by atoms with van der Waals surface area (Å²) in [6.45, 7) is 1.69. The Morgan fingerprint density at radius 1 is 1.57 bits per heavy atom. The number of rotatable bonds is 4. The largest absolute Gasteiger partial charge is 0.483 e. The summed E-state index contributed by atoms with van der Waals surface area (Å²) in [5, 5.41) is 23.6. The Kier molecular flexibility index (Phi) is 4.43. The van der Waals surface area contributed by atoms with Crippen molar-refractivity contribution in [1.29, 1.82) is 5.26 Å². The van der Waals surface area contributed by atoms with Crippen molar-refractivity contribution >= 4 is 5.69 Å². The van der Waals surface area contributed by atoms with Crippen LogP contribution in [-0.2, 0) is 0 Å². The molecule has 0 heterocycles. The molecule has 1 aromatic rings. The van der Waals surface area contributed by atoms with Crippen LogP contribution in [0.4, 0.5) is 5.69 Å². The average molecular weight is 289 g/mol. The number of benzene rings is 1. The molecule has 2 atom stereocenters. The molecular formula is C15H19N3O3. The number of aryl methyl sites for hydroxylation is 1. The number of para-hydroxylation sites is 1. The SMILES string of the molecule is CNC1(C#N)CCCC(Oc2cccc(C)c2[N+](=O)[O-])C1. The van der Waals surface area contributed by atoms with Crippen LogP contribution in [-0.4, -0.2) is 23.6 Å². The molecule has 1 aliphatic carbocycles. The van der Waals surface area contributed by atoms with E-state index in [4.69, 9.17) is 4.74 Å². The number of nitrogens with one attached hydrogen (secondary N) is 1. The van der Waals surface area contributed by atoms with Gasteiger partial charge in [0.15, 0.2) is 5.75 Å². The number of ether oxygens (including phenoxy) is 1. The fourth-order valence-corrected chi connectivity index (χ4v) is 2.85. The minimum Gasteiger partial charge on any atom is -0.483 e. The van der Waals surface area contributed by atoms with Crippen molar-refractivity contribution in [3.8, 4) is 11.8 Å². The highest BCUT2D eigenvalue weighted by Gasteiger charge is 2.37. The molecule has 0 radical (unpaired) electrons. The zero-order valence-electron chi connectivity index (χ0n) is 12.3. The molecule has 6 heteroatoms. The van der Waals surface area contributed by atoms with Gasteiger partial charge in [-0.05, 0) is 39.3 Å². The van der Waals surface area contributed by atoms with Gasteiger partial charge in [-0.2, -0.15) is 5.26 Å². The van der Waals surface area contributed by atoms with Gasteiger partial charge in [0.05, 0.1) is 11.0 Å². The molecule has 0 amide bonds. The molecular weight excluding hydrogens is 270 g/mol. The third-order valence-corrected chi connectivity index (χ3v) is 4.08. The van der Waals surface area contributed by atoms with Crippen LogP contribution in [0.2, 0.25) is 0 Å². The van der Waals surface area contributed by atoms with Gasteiger partial charge in [-0.15, -0.1) is 0 Å². The van der Waals surface area contributed by atoms with Crippen molar-refractivity contribution in [1.82, 2.24) is 5.32 Å². The molecule has 0 aliphatic heterocycles. The van der Waals surface area contributed by atoms with E-state index in [9.17, 15) is 15.4 Å². The summed E-state index contributed by atoms with van der Waals surface area (Å²) in [6, 6.07) is 7.36. The average Bonchev–Trinajstić information content (AvgIpc) is 2.47. The first-order valence-electron chi connectivity index (χ1n) is 7.02. The lowest BCUT2D eigenvalue weighted by atomic mass is 9.81. The van der Waals surface area contributed by atoms with E-state index in [1.807, 2.05) is 0 Å². The second-order valence-electron chi connectivity index (χ2n) is 5.46. The topological polar surface area (TPSA) is 88.2 Å². The predicted molar refractivity (Wildman–Crippen MR) is 78.1 cm³/mol. The molecule has 0 saturated heterocycles. The molecule has 1 N–H and O–H groups in total. The molecule has 1 aromatic carbocycles. The van der Waals surface area contributed by atoms with E-state index in [1.54, 1.807) is 32.2 Å². The lowest BCUT2D eigenvalue weighted by Crippen LogP contribution is -2.48. The summed E-state index contributed by atoms with van der Waals surface area (Å²) in [7, 11) is 1.76. The molecule has 0 spiro atoms. The number of hydrogen-bond acceptors (Lipinski definition) is 5. The molecule has 6 nitrogen and oxygen atoms in total. The fraction of sp³-hybridized carbons (Fsp3) is 0.533. The number of nitriles is 1. The second kappa shape index (κ2) is 6.10. The van der Waals surface area contributed by atoms with Gasteiger partial charge < -0.3 is 10.1 Å². The van der Waals surface area contributed by atoms with Crippen molar-refractivity contribution in [3.05, 3.63) is 33.9 Å². The van der Waals surface area contributed by atoms with Crippen LogP contribution >= 0.6 is 0 Å². The van der Waals surface area contributed by atoms with E-state index < -0.39 is 10.5 Å². The Morgan fingerprint density at radius 2 is 2.33 bits per heavy atom. The number of nitrogens with zero attached hydrogens (tertiary/aromatic N) is 2. The summed E-state index contributed by atoms with van der Waals surface area (Å²) in [6.07, 6.45) is 2.78. The lowest BCUT2D eigenvalue weighted by Gasteiger charge is -2.35. The van der Waals surface area contributed by atoms with Gasteiger partial charge >= 0.3 is 5.69 Å². The van der Waals surface area contributed by atoms with E-state index >= 15 is 0 Å². The minimum atomic E-state index is -0.596. The zero-order valence-corrected chi connectivity index (χ0v) is 12.3. The molecule has 1 aliphatic rings. The van der Waals surface area contributed by atoms with Gasteiger partial charge in [0.25, 0.3) is 0 Å². The maximum atomic E-state index is 11.2. The van der Waals surface area contributed by atoms with Crippen molar-refractivity contribution < 1.29 is 9.66 Å². The fourth-order valence-electron chi connectivity index (χ4n) is 2.85. The maximum absolute atomic E-state index is 11.2. The minimum absolute atomic E-state index is 0.00934. The highest BCUT2D eigenvalue weighted by Crippen LogP contribution is 2.35. The van der Waals surface area contributed by atoms with E-state index in [2.05, 4.69) is 11.4 Å². The maximum Gasteiger partial charge on any atom is 0.313 e. The van der Waals surface area contributed by atoms with Gasteiger partial charge in [-0.3, -0.25) is 10.1 Å². The Bertz CT molecular complexity index is 582.